The van der Waals surface area contributed by atoms with Crippen LogP contribution in [0.5, 0.6) is 0 Å². The molecule has 1 saturated carbocycles. The maximum Gasteiger partial charge on any atom is 0.167 e. The Balaban J connectivity index is 1.39. The van der Waals surface area contributed by atoms with Gasteiger partial charge < -0.3 is 0 Å². The maximum atomic E-state index is 12.9. The average Bonchev–Trinajstić information content (AvgIpc) is 2.90. The van der Waals surface area contributed by atoms with E-state index in [-0.39, 0.29) is 5.78 Å². The summed E-state index contributed by atoms with van der Waals surface area (Å²) in [6.07, 6.45) is 22.1. The van der Waals surface area contributed by atoms with Crippen molar-refractivity contribution in [2.24, 2.45) is 5.92 Å². The van der Waals surface area contributed by atoms with E-state index in [1.807, 2.05) is 0 Å². The number of aryl methyl sites for hydroxylation is 1. The van der Waals surface area contributed by atoms with Crippen LogP contribution >= 0.6 is 0 Å². The van der Waals surface area contributed by atoms with E-state index in [0.29, 0.717) is 12.3 Å². The van der Waals surface area contributed by atoms with Crippen molar-refractivity contribution >= 4 is 5.78 Å². The first-order valence-electron chi connectivity index (χ1n) is 14.9. The summed E-state index contributed by atoms with van der Waals surface area (Å²) in [6.45, 7) is 4.55. The Morgan fingerprint density at radius 1 is 0.657 bits per heavy atom. The van der Waals surface area contributed by atoms with Gasteiger partial charge in [-0.05, 0) is 67.1 Å². The first kappa shape index (κ1) is 27.7. The molecular formula is C34H50O. The molecule has 2 aromatic rings. The second-order valence-corrected chi connectivity index (χ2v) is 11.1. The third kappa shape index (κ3) is 9.94. The lowest BCUT2D eigenvalue weighted by Crippen LogP contribution is -2.13. The molecule has 1 heteroatoms. The van der Waals surface area contributed by atoms with Gasteiger partial charge in [0, 0.05) is 12.0 Å². The highest BCUT2D eigenvalue weighted by atomic mass is 16.1. The molecule has 0 radical (unpaired) electrons. The van der Waals surface area contributed by atoms with Crippen molar-refractivity contribution in [1.29, 1.82) is 0 Å². The van der Waals surface area contributed by atoms with Crippen LogP contribution in [0.1, 0.15) is 143 Å². The standard InChI is InChI=1S/C34H50O/c1-3-5-7-9-11-13-28-15-17-30(18-16-28)27-34(35)33-25-23-32(24-26-33)31-21-19-29(20-22-31)14-12-10-8-6-4-2/h15-18,23-26,29,31H,3-14,19-22,27H2,1-2H3. The zero-order valence-corrected chi connectivity index (χ0v) is 22.7. The fraction of sp³-hybridized carbons (Fsp3) is 0.618. The van der Waals surface area contributed by atoms with E-state index >= 15 is 0 Å². The van der Waals surface area contributed by atoms with Gasteiger partial charge >= 0.3 is 0 Å². The predicted molar refractivity (Wildman–Crippen MR) is 151 cm³/mol. The zero-order chi connectivity index (χ0) is 24.7. The number of carbonyl (C=O) groups is 1. The SMILES string of the molecule is CCCCCCCc1ccc(CC(=O)c2ccc(C3CCC(CCCCCCC)CC3)cc2)cc1. The summed E-state index contributed by atoms with van der Waals surface area (Å²) in [7, 11) is 0. The second kappa shape index (κ2) is 16.0. The summed E-state index contributed by atoms with van der Waals surface area (Å²) in [5.41, 5.74) is 4.82. The summed E-state index contributed by atoms with van der Waals surface area (Å²) >= 11 is 0. The van der Waals surface area contributed by atoms with E-state index in [0.717, 1.165) is 23.5 Å². The summed E-state index contributed by atoms with van der Waals surface area (Å²) in [6, 6.07) is 17.3. The summed E-state index contributed by atoms with van der Waals surface area (Å²) in [4.78, 5) is 12.9. The van der Waals surface area contributed by atoms with Gasteiger partial charge in [-0.2, -0.15) is 0 Å². The van der Waals surface area contributed by atoms with Gasteiger partial charge in [0.15, 0.2) is 5.78 Å². The molecule has 0 aromatic heterocycles. The van der Waals surface area contributed by atoms with E-state index in [9.17, 15) is 4.79 Å². The molecule has 0 atom stereocenters. The Labute approximate surface area is 216 Å². The van der Waals surface area contributed by atoms with Crippen LogP contribution in [-0.4, -0.2) is 5.78 Å². The van der Waals surface area contributed by atoms with Gasteiger partial charge in [-0.25, -0.2) is 0 Å². The van der Waals surface area contributed by atoms with Crippen LogP contribution in [0.3, 0.4) is 0 Å². The van der Waals surface area contributed by atoms with Crippen molar-refractivity contribution < 1.29 is 4.79 Å². The molecule has 3 rings (SSSR count). The molecule has 192 valence electrons. The van der Waals surface area contributed by atoms with Crippen LogP contribution in [0.4, 0.5) is 0 Å². The van der Waals surface area contributed by atoms with Crippen LogP contribution in [0.25, 0.3) is 0 Å². The van der Waals surface area contributed by atoms with Gasteiger partial charge in [-0.3, -0.25) is 4.79 Å². The molecule has 0 heterocycles. The van der Waals surface area contributed by atoms with Gasteiger partial charge in [-0.15, -0.1) is 0 Å². The second-order valence-electron chi connectivity index (χ2n) is 11.1. The highest BCUT2D eigenvalue weighted by Gasteiger charge is 2.22. The minimum Gasteiger partial charge on any atom is -0.294 e. The first-order valence-corrected chi connectivity index (χ1v) is 14.9. The third-order valence-corrected chi connectivity index (χ3v) is 8.22. The largest absolute Gasteiger partial charge is 0.294 e. The van der Waals surface area contributed by atoms with Crippen molar-refractivity contribution in [1.82, 2.24) is 0 Å². The number of benzene rings is 2. The van der Waals surface area contributed by atoms with Gasteiger partial charge in [0.1, 0.15) is 0 Å². The monoisotopic (exact) mass is 474 g/mol. The first-order chi connectivity index (χ1) is 17.2. The Morgan fingerprint density at radius 2 is 1.23 bits per heavy atom. The number of unbranched alkanes of at least 4 members (excludes halogenated alkanes) is 8. The number of hydrogen-bond donors (Lipinski definition) is 0. The molecule has 0 spiro atoms. The molecule has 0 saturated heterocycles. The fourth-order valence-corrected chi connectivity index (χ4v) is 5.81. The quantitative estimate of drug-likeness (QED) is 0.175. The number of hydrogen-bond acceptors (Lipinski definition) is 1. The lowest BCUT2D eigenvalue weighted by Gasteiger charge is -2.29. The normalized spacial score (nSPS) is 18.0. The molecule has 1 aliphatic rings. The number of rotatable bonds is 16. The number of Topliss-reactive ketones (excluding diaryl/α,β-unsaturated/α-hetero) is 1. The molecule has 0 aliphatic heterocycles. The Kier molecular flexibility index (Phi) is 12.6. The summed E-state index contributed by atoms with van der Waals surface area (Å²) < 4.78 is 0. The molecule has 35 heavy (non-hydrogen) atoms. The molecule has 1 nitrogen and oxygen atoms in total. The number of ketones is 1. The van der Waals surface area contributed by atoms with Crippen molar-refractivity contribution in [3.63, 3.8) is 0 Å². The number of carbonyl (C=O) groups excluding carboxylic acids is 1. The molecule has 2 aromatic carbocycles. The summed E-state index contributed by atoms with van der Waals surface area (Å²) in [5.74, 6) is 1.86. The average molecular weight is 475 g/mol. The fourth-order valence-electron chi connectivity index (χ4n) is 5.81. The van der Waals surface area contributed by atoms with E-state index < -0.39 is 0 Å². The molecule has 1 aliphatic carbocycles. The topological polar surface area (TPSA) is 17.1 Å². The maximum absolute atomic E-state index is 12.9. The highest BCUT2D eigenvalue weighted by molar-refractivity contribution is 5.97. The predicted octanol–water partition coefficient (Wildman–Crippen LogP) is 10.3. The molecule has 0 N–H and O–H groups in total. The Hall–Kier alpha value is -1.89. The third-order valence-electron chi connectivity index (χ3n) is 8.22. The van der Waals surface area contributed by atoms with E-state index in [4.69, 9.17) is 0 Å². The van der Waals surface area contributed by atoms with Crippen molar-refractivity contribution in [2.45, 2.75) is 129 Å². The Bertz CT molecular complexity index is 824. The molecular weight excluding hydrogens is 424 g/mol. The van der Waals surface area contributed by atoms with Crippen molar-refractivity contribution in [3.8, 4) is 0 Å². The van der Waals surface area contributed by atoms with Gasteiger partial charge in [-0.1, -0.05) is 127 Å². The van der Waals surface area contributed by atoms with Crippen LogP contribution in [-0.2, 0) is 12.8 Å². The van der Waals surface area contributed by atoms with E-state index in [1.165, 1.54) is 107 Å². The lowest BCUT2D eigenvalue weighted by atomic mass is 9.77. The lowest BCUT2D eigenvalue weighted by molar-refractivity contribution is 0.0993. The minimum atomic E-state index is 0.232. The van der Waals surface area contributed by atoms with Crippen LogP contribution < -0.4 is 0 Å². The molecule has 1 fully saturated rings. The molecule has 0 unspecified atom stereocenters. The summed E-state index contributed by atoms with van der Waals surface area (Å²) in [5, 5.41) is 0. The van der Waals surface area contributed by atoms with E-state index in [2.05, 4.69) is 62.4 Å². The smallest absolute Gasteiger partial charge is 0.167 e. The Morgan fingerprint density at radius 3 is 1.86 bits per heavy atom. The van der Waals surface area contributed by atoms with Crippen LogP contribution in [0.2, 0.25) is 0 Å². The van der Waals surface area contributed by atoms with Gasteiger partial charge in [0.25, 0.3) is 0 Å². The van der Waals surface area contributed by atoms with Gasteiger partial charge in [0.05, 0.1) is 0 Å². The van der Waals surface area contributed by atoms with Crippen molar-refractivity contribution in [3.05, 3.63) is 70.8 Å². The van der Waals surface area contributed by atoms with Crippen LogP contribution in [0, 0.1) is 5.92 Å². The van der Waals surface area contributed by atoms with E-state index in [1.54, 1.807) is 0 Å². The molecule has 0 bridgehead atoms. The van der Waals surface area contributed by atoms with Crippen molar-refractivity contribution in [2.75, 3.05) is 0 Å². The van der Waals surface area contributed by atoms with Crippen LogP contribution in [0.15, 0.2) is 48.5 Å². The minimum absolute atomic E-state index is 0.232. The highest BCUT2D eigenvalue weighted by Crippen LogP contribution is 2.37. The van der Waals surface area contributed by atoms with Gasteiger partial charge in [0.2, 0.25) is 0 Å². The molecule has 0 amide bonds. The zero-order valence-electron chi connectivity index (χ0n) is 22.7.